The third-order valence-electron chi connectivity index (χ3n) is 6.82. The number of nitrogens with zero attached hydrogens (tertiary/aromatic N) is 3. The number of aryl methyl sites for hydroxylation is 2. The summed E-state index contributed by atoms with van der Waals surface area (Å²) in [4.78, 5) is 32.3. The summed E-state index contributed by atoms with van der Waals surface area (Å²) in [5.74, 6) is 0.0987. The molecule has 0 radical (unpaired) electrons. The van der Waals surface area contributed by atoms with Crippen molar-refractivity contribution in [2.75, 3.05) is 13.1 Å². The van der Waals surface area contributed by atoms with E-state index in [9.17, 15) is 9.59 Å². The molecular weight excluding hydrogens is 376 g/mol. The summed E-state index contributed by atoms with van der Waals surface area (Å²) in [5, 5.41) is 2.98. The lowest BCUT2D eigenvalue weighted by Crippen LogP contribution is -2.38. The third kappa shape index (κ3) is 3.84. The monoisotopic (exact) mass is 410 g/mol. The van der Waals surface area contributed by atoms with Crippen molar-refractivity contribution in [1.82, 2.24) is 19.6 Å². The Labute approximate surface area is 179 Å². The zero-order valence-electron chi connectivity index (χ0n) is 18.9. The standard InChI is InChI=1S/C24H34N4O2/c1-16-8-7-11-27-20(17(2)26-21(16)27)22(30)25-10-6-9-19(29)28-15-24(5)13-18(28)12-23(3,4)14-24/h7-8,11,18H,6,9-10,12-15H2,1-5H3,(H,25,30). The number of carbonyl (C=O) groups is 2. The fraction of sp³-hybridized carbons (Fsp3) is 0.625. The number of imidazole rings is 1. The van der Waals surface area contributed by atoms with Crippen LogP contribution in [0.4, 0.5) is 0 Å². The minimum Gasteiger partial charge on any atom is -0.351 e. The van der Waals surface area contributed by atoms with Gasteiger partial charge in [-0.2, -0.15) is 0 Å². The SMILES string of the molecule is Cc1nc2c(C)cccn2c1C(=O)NCCCC(=O)N1CC2(C)CC1CC(C)(C)C2. The molecule has 162 valence electrons. The first kappa shape index (κ1) is 20.9. The van der Waals surface area contributed by atoms with Crippen LogP contribution >= 0.6 is 0 Å². The van der Waals surface area contributed by atoms with Crippen molar-refractivity contribution in [3.63, 3.8) is 0 Å². The normalized spacial score (nSPS) is 25.0. The number of pyridine rings is 1. The number of rotatable bonds is 5. The van der Waals surface area contributed by atoms with Crippen molar-refractivity contribution in [1.29, 1.82) is 0 Å². The highest BCUT2D eigenvalue weighted by molar-refractivity contribution is 5.94. The van der Waals surface area contributed by atoms with Gasteiger partial charge in [0.1, 0.15) is 11.3 Å². The van der Waals surface area contributed by atoms with Gasteiger partial charge in [0.2, 0.25) is 5.91 Å². The lowest BCUT2D eigenvalue weighted by Gasteiger charge is -2.39. The number of nitrogens with one attached hydrogen (secondary N) is 1. The first-order valence-corrected chi connectivity index (χ1v) is 11.1. The highest BCUT2D eigenvalue weighted by atomic mass is 16.2. The average molecular weight is 411 g/mol. The van der Waals surface area contributed by atoms with E-state index in [1.165, 1.54) is 6.42 Å². The maximum atomic E-state index is 12.9. The van der Waals surface area contributed by atoms with Crippen LogP contribution in [0.2, 0.25) is 0 Å². The summed E-state index contributed by atoms with van der Waals surface area (Å²) in [6.45, 7) is 12.2. The topological polar surface area (TPSA) is 66.7 Å². The molecule has 2 unspecified atom stereocenters. The van der Waals surface area contributed by atoms with E-state index in [1.54, 1.807) is 0 Å². The molecular formula is C24H34N4O2. The van der Waals surface area contributed by atoms with E-state index in [0.29, 0.717) is 36.5 Å². The lowest BCUT2D eigenvalue weighted by molar-refractivity contribution is -0.132. The van der Waals surface area contributed by atoms with Crippen LogP contribution in [0.3, 0.4) is 0 Å². The summed E-state index contributed by atoms with van der Waals surface area (Å²) in [5.41, 5.74) is 3.71. The fourth-order valence-corrected chi connectivity index (χ4v) is 6.01. The van der Waals surface area contributed by atoms with Gasteiger partial charge in [0.25, 0.3) is 5.91 Å². The van der Waals surface area contributed by atoms with Crippen molar-refractivity contribution in [2.24, 2.45) is 10.8 Å². The van der Waals surface area contributed by atoms with Crippen LogP contribution in [-0.2, 0) is 4.79 Å². The minimum atomic E-state index is -0.135. The molecule has 30 heavy (non-hydrogen) atoms. The van der Waals surface area contributed by atoms with E-state index < -0.39 is 0 Å². The van der Waals surface area contributed by atoms with E-state index in [0.717, 1.165) is 36.3 Å². The molecule has 2 aromatic rings. The fourth-order valence-electron chi connectivity index (χ4n) is 6.01. The molecule has 6 nitrogen and oxygen atoms in total. The predicted molar refractivity (Wildman–Crippen MR) is 117 cm³/mol. The number of aromatic nitrogens is 2. The second-order valence-electron chi connectivity index (χ2n) is 10.5. The zero-order valence-corrected chi connectivity index (χ0v) is 18.9. The van der Waals surface area contributed by atoms with Crippen LogP contribution in [0.5, 0.6) is 0 Å². The molecule has 1 N–H and O–H groups in total. The number of hydrogen-bond donors (Lipinski definition) is 1. The Morgan fingerprint density at radius 3 is 2.77 bits per heavy atom. The Balaban J connectivity index is 1.32. The second kappa shape index (κ2) is 7.40. The summed E-state index contributed by atoms with van der Waals surface area (Å²) >= 11 is 0. The van der Waals surface area contributed by atoms with Crippen molar-refractivity contribution >= 4 is 17.5 Å². The van der Waals surface area contributed by atoms with Crippen molar-refractivity contribution in [3.8, 4) is 0 Å². The van der Waals surface area contributed by atoms with Crippen molar-refractivity contribution in [2.45, 2.75) is 72.8 Å². The third-order valence-corrected chi connectivity index (χ3v) is 6.82. The molecule has 1 aliphatic carbocycles. The number of hydrogen-bond acceptors (Lipinski definition) is 3. The lowest BCUT2D eigenvalue weighted by atomic mass is 9.65. The molecule has 3 heterocycles. The molecule has 2 aromatic heterocycles. The molecule has 2 atom stereocenters. The van der Waals surface area contributed by atoms with Crippen LogP contribution in [0.15, 0.2) is 18.3 Å². The Bertz CT molecular complexity index is 992. The van der Waals surface area contributed by atoms with Gasteiger partial charge in [-0.05, 0) is 62.0 Å². The van der Waals surface area contributed by atoms with E-state index in [2.05, 4.69) is 36.0 Å². The quantitative estimate of drug-likeness (QED) is 0.761. The van der Waals surface area contributed by atoms with Crippen LogP contribution < -0.4 is 5.32 Å². The molecule has 1 saturated carbocycles. The van der Waals surface area contributed by atoms with Gasteiger partial charge in [-0.1, -0.05) is 26.8 Å². The number of likely N-dealkylation sites (tertiary alicyclic amines) is 1. The minimum absolute atomic E-state index is 0.135. The first-order chi connectivity index (χ1) is 14.1. The van der Waals surface area contributed by atoms with Crippen LogP contribution in [0, 0.1) is 24.7 Å². The van der Waals surface area contributed by atoms with Gasteiger partial charge in [0.15, 0.2) is 0 Å². The van der Waals surface area contributed by atoms with Crippen molar-refractivity contribution in [3.05, 3.63) is 35.3 Å². The Hall–Kier alpha value is -2.37. The van der Waals surface area contributed by atoms with Crippen molar-refractivity contribution < 1.29 is 9.59 Å². The Morgan fingerprint density at radius 1 is 1.23 bits per heavy atom. The largest absolute Gasteiger partial charge is 0.351 e. The highest BCUT2D eigenvalue weighted by Crippen LogP contribution is 2.52. The maximum Gasteiger partial charge on any atom is 0.270 e. The van der Waals surface area contributed by atoms with Gasteiger partial charge in [0, 0.05) is 31.7 Å². The molecule has 4 rings (SSSR count). The molecule has 2 amide bonds. The molecule has 2 fully saturated rings. The van der Waals surface area contributed by atoms with E-state index in [-0.39, 0.29) is 17.2 Å². The van der Waals surface area contributed by atoms with Gasteiger partial charge >= 0.3 is 0 Å². The van der Waals surface area contributed by atoms with Crippen LogP contribution in [0.1, 0.15) is 74.6 Å². The Kier molecular flexibility index (Phi) is 5.15. The number of carbonyl (C=O) groups excluding carboxylic acids is 2. The van der Waals surface area contributed by atoms with Crippen LogP contribution in [-0.4, -0.2) is 45.2 Å². The van der Waals surface area contributed by atoms with Gasteiger partial charge in [-0.15, -0.1) is 0 Å². The smallest absolute Gasteiger partial charge is 0.270 e. The molecule has 6 heteroatoms. The summed E-state index contributed by atoms with van der Waals surface area (Å²) < 4.78 is 1.85. The molecule has 0 spiro atoms. The van der Waals surface area contributed by atoms with Crippen LogP contribution in [0.25, 0.3) is 5.65 Å². The van der Waals surface area contributed by atoms with E-state index >= 15 is 0 Å². The first-order valence-electron chi connectivity index (χ1n) is 11.1. The number of amides is 2. The highest BCUT2D eigenvalue weighted by Gasteiger charge is 2.50. The summed E-state index contributed by atoms with van der Waals surface area (Å²) in [7, 11) is 0. The number of fused-ring (bicyclic) bond motifs is 3. The molecule has 0 aromatic carbocycles. The average Bonchev–Trinajstić information content (AvgIpc) is 3.11. The molecule has 2 aliphatic rings. The van der Waals surface area contributed by atoms with E-state index in [1.807, 2.05) is 36.6 Å². The van der Waals surface area contributed by atoms with E-state index in [4.69, 9.17) is 0 Å². The van der Waals surface area contributed by atoms with Gasteiger partial charge in [0.05, 0.1) is 5.69 Å². The molecule has 2 bridgehead atoms. The molecule has 1 aliphatic heterocycles. The van der Waals surface area contributed by atoms with Gasteiger partial charge < -0.3 is 10.2 Å². The summed E-state index contributed by atoms with van der Waals surface area (Å²) in [6, 6.07) is 4.29. The Morgan fingerprint density at radius 2 is 2.00 bits per heavy atom. The van der Waals surface area contributed by atoms with Gasteiger partial charge in [-0.25, -0.2) is 4.98 Å². The predicted octanol–water partition coefficient (Wildman–Crippen LogP) is 3.89. The van der Waals surface area contributed by atoms with Gasteiger partial charge in [-0.3, -0.25) is 14.0 Å². The maximum absolute atomic E-state index is 12.9. The zero-order chi connectivity index (χ0) is 21.7. The summed E-state index contributed by atoms with van der Waals surface area (Å²) in [6.07, 6.45) is 6.42. The molecule has 1 saturated heterocycles. The second-order valence-corrected chi connectivity index (χ2v) is 10.5.